The molecule has 2 heterocycles. The second-order valence-electron chi connectivity index (χ2n) is 8.01. The highest BCUT2D eigenvalue weighted by atomic mass is 79.9. The summed E-state index contributed by atoms with van der Waals surface area (Å²) in [4.78, 5) is 51.4. The number of non-ortho nitro benzene ring substituents is 1. The van der Waals surface area contributed by atoms with Crippen molar-refractivity contribution >= 4 is 50.2 Å². The zero-order valence-electron chi connectivity index (χ0n) is 18.8. The lowest BCUT2D eigenvalue weighted by molar-refractivity contribution is -0.384. The SMILES string of the molecule is CCOC(=O)c1ccc(N2C(=O)c3oc4ccc(Br)cc4c(=O)c3C2c2ccc([N+](=O)[O-])cc2)cc1. The van der Waals surface area contributed by atoms with Gasteiger partial charge in [-0.25, -0.2) is 4.79 Å². The van der Waals surface area contributed by atoms with E-state index in [1.807, 2.05) is 0 Å². The molecule has 1 aliphatic rings. The Morgan fingerprint density at radius 1 is 1.08 bits per heavy atom. The number of benzene rings is 3. The highest BCUT2D eigenvalue weighted by Crippen LogP contribution is 2.41. The number of nitro groups is 1. The van der Waals surface area contributed by atoms with Crippen molar-refractivity contribution in [3.63, 3.8) is 0 Å². The fourth-order valence-corrected chi connectivity index (χ4v) is 4.64. The molecule has 10 heteroatoms. The summed E-state index contributed by atoms with van der Waals surface area (Å²) in [7, 11) is 0. The Morgan fingerprint density at radius 3 is 2.42 bits per heavy atom. The van der Waals surface area contributed by atoms with Crippen molar-refractivity contribution in [2.75, 3.05) is 11.5 Å². The van der Waals surface area contributed by atoms with Gasteiger partial charge in [-0.2, -0.15) is 0 Å². The molecule has 1 aliphatic heterocycles. The van der Waals surface area contributed by atoms with Crippen molar-refractivity contribution in [1.82, 2.24) is 0 Å². The van der Waals surface area contributed by atoms with Gasteiger partial charge < -0.3 is 9.15 Å². The van der Waals surface area contributed by atoms with Crippen molar-refractivity contribution in [3.05, 3.63) is 114 Å². The first-order chi connectivity index (χ1) is 17.3. The predicted octanol–water partition coefficient (Wildman–Crippen LogP) is 5.39. The van der Waals surface area contributed by atoms with Crippen LogP contribution in [0.4, 0.5) is 11.4 Å². The number of halogens is 1. The average molecular weight is 549 g/mol. The second-order valence-corrected chi connectivity index (χ2v) is 8.92. The van der Waals surface area contributed by atoms with E-state index in [4.69, 9.17) is 9.15 Å². The Balaban J connectivity index is 1.70. The van der Waals surface area contributed by atoms with Crippen LogP contribution in [0, 0.1) is 10.1 Å². The van der Waals surface area contributed by atoms with Crippen LogP contribution in [0.3, 0.4) is 0 Å². The number of carbonyl (C=O) groups excluding carboxylic acids is 2. The van der Waals surface area contributed by atoms with Gasteiger partial charge in [-0.15, -0.1) is 0 Å². The molecule has 0 saturated carbocycles. The van der Waals surface area contributed by atoms with Gasteiger partial charge in [0.15, 0.2) is 5.43 Å². The normalized spacial score (nSPS) is 14.7. The summed E-state index contributed by atoms with van der Waals surface area (Å²) in [6, 6.07) is 15.9. The lowest BCUT2D eigenvalue weighted by Crippen LogP contribution is -2.29. The number of hydrogen-bond acceptors (Lipinski definition) is 7. The Hall–Kier alpha value is -4.31. The van der Waals surface area contributed by atoms with Crippen molar-refractivity contribution < 1.29 is 23.7 Å². The number of hydrogen-bond donors (Lipinski definition) is 0. The van der Waals surface area contributed by atoms with Crippen molar-refractivity contribution in [3.8, 4) is 0 Å². The fourth-order valence-electron chi connectivity index (χ4n) is 4.28. The fraction of sp³-hybridized carbons (Fsp3) is 0.115. The maximum atomic E-state index is 13.6. The highest BCUT2D eigenvalue weighted by molar-refractivity contribution is 9.10. The van der Waals surface area contributed by atoms with Gasteiger partial charge >= 0.3 is 5.97 Å². The molecule has 0 radical (unpaired) electrons. The van der Waals surface area contributed by atoms with Crippen molar-refractivity contribution in [1.29, 1.82) is 0 Å². The molecule has 3 aromatic carbocycles. The minimum absolute atomic E-state index is 0.104. The number of esters is 1. The average Bonchev–Trinajstić information content (AvgIpc) is 3.17. The molecule has 1 unspecified atom stereocenters. The first kappa shape index (κ1) is 23.4. The molecule has 9 nitrogen and oxygen atoms in total. The summed E-state index contributed by atoms with van der Waals surface area (Å²) in [6.45, 7) is 1.92. The van der Waals surface area contributed by atoms with Crippen LogP contribution in [-0.4, -0.2) is 23.4 Å². The molecule has 180 valence electrons. The Labute approximate surface area is 212 Å². The van der Waals surface area contributed by atoms with E-state index in [9.17, 15) is 24.5 Å². The van der Waals surface area contributed by atoms with Crippen LogP contribution >= 0.6 is 15.9 Å². The quantitative estimate of drug-likeness (QED) is 0.186. The van der Waals surface area contributed by atoms with Crippen LogP contribution in [0.1, 0.15) is 45.0 Å². The van der Waals surface area contributed by atoms with Crippen LogP contribution in [-0.2, 0) is 4.74 Å². The standard InChI is InChI=1S/C26H17BrN2O7/c1-2-35-26(32)15-5-8-17(9-6-15)28-22(14-3-10-18(11-4-14)29(33)34)21-23(30)19-13-16(27)7-12-20(19)36-24(21)25(28)31/h3-13,22H,2H2,1H3. The summed E-state index contributed by atoms with van der Waals surface area (Å²) in [5.41, 5.74) is 1.10. The topological polar surface area (TPSA) is 120 Å². The monoisotopic (exact) mass is 548 g/mol. The molecule has 1 atom stereocenters. The van der Waals surface area contributed by atoms with E-state index in [0.717, 1.165) is 0 Å². The van der Waals surface area contributed by atoms with E-state index >= 15 is 0 Å². The summed E-state index contributed by atoms with van der Waals surface area (Å²) in [5.74, 6) is -1.15. The molecule has 0 fully saturated rings. The van der Waals surface area contributed by atoms with Gasteiger partial charge in [0.2, 0.25) is 5.76 Å². The molecular formula is C26H17BrN2O7. The van der Waals surface area contributed by atoms with E-state index in [2.05, 4.69) is 15.9 Å². The number of rotatable bonds is 5. The van der Waals surface area contributed by atoms with Crippen LogP contribution in [0.25, 0.3) is 11.0 Å². The molecule has 36 heavy (non-hydrogen) atoms. The third-order valence-corrected chi connectivity index (χ3v) is 6.40. The molecule has 0 spiro atoms. The van der Waals surface area contributed by atoms with Crippen molar-refractivity contribution in [2.45, 2.75) is 13.0 Å². The number of carbonyl (C=O) groups is 2. The summed E-state index contributed by atoms with van der Waals surface area (Å²) in [6.07, 6.45) is 0. The molecule has 1 aromatic heterocycles. The number of nitro benzene ring substituents is 1. The second kappa shape index (κ2) is 9.04. The Morgan fingerprint density at radius 2 is 1.78 bits per heavy atom. The maximum absolute atomic E-state index is 13.6. The van der Waals surface area contributed by atoms with Crippen LogP contribution in [0.2, 0.25) is 0 Å². The minimum atomic E-state index is -0.902. The maximum Gasteiger partial charge on any atom is 0.338 e. The van der Waals surface area contributed by atoms with Gasteiger partial charge in [0.05, 0.1) is 34.1 Å². The molecule has 0 N–H and O–H groups in total. The van der Waals surface area contributed by atoms with Gasteiger partial charge in [0.25, 0.3) is 11.6 Å². The molecule has 4 aromatic rings. The van der Waals surface area contributed by atoms with Gasteiger partial charge in [-0.3, -0.25) is 24.6 Å². The minimum Gasteiger partial charge on any atom is -0.462 e. The van der Waals surface area contributed by atoms with Crippen LogP contribution in [0.15, 0.2) is 80.4 Å². The number of nitrogens with zero attached hydrogens (tertiary/aromatic N) is 2. The molecule has 0 bridgehead atoms. The lowest BCUT2D eigenvalue weighted by atomic mass is 9.98. The molecule has 0 aliphatic carbocycles. The summed E-state index contributed by atoms with van der Waals surface area (Å²) >= 11 is 3.36. The number of fused-ring (bicyclic) bond motifs is 2. The number of amides is 1. The van der Waals surface area contributed by atoms with E-state index in [1.54, 1.807) is 37.3 Å². The van der Waals surface area contributed by atoms with E-state index in [-0.39, 0.29) is 34.6 Å². The Bertz CT molecular complexity index is 1590. The van der Waals surface area contributed by atoms with Gasteiger partial charge in [0, 0.05) is 22.3 Å². The van der Waals surface area contributed by atoms with Gasteiger partial charge in [-0.1, -0.05) is 15.9 Å². The van der Waals surface area contributed by atoms with Crippen molar-refractivity contribution in [2.24, 2.45) is 0 Å². The van der Waals surface area contributed by atoms with Crippen LogP contribution in [0.5, 0.6) is 0 Å². The van der Waals surface area contributed by atoms with E-state index in [1.165, 1.54) is 41.3 Å². The zero-order chi connectivity index (χ0) is 25.6. The smallest absolute Gasteiger partial charge is 0.338 e. The first-order valence-corrected chi connectivity index (χ1v) is 11.7. The van der Waals surface area contributed by atoms with E-state index in [0.29, 0.717) is 26.7 Å². The third kappa shape index (κ3) is 3.85. The van der Waals surface area contributed by atoms with E-state index < -0.39 is 22.8 Å². The first-order valence-electron chi connectivity index (χ1n) is 10.9. The van der Waals surface area contributed by atoms with Crippen LogP contribution < -0.4 is 10.3 Å². The third-order valence-electron chi connectivity index (χ3n) is 5.91. The zero-order valence-corrected chi connectivity index (χ0v) is 20.4. The number of ether oxygens (including phenoxy) is 1. The summed E-state index contributed by atoms with van der Waals surface area (Å²) in [5, 5.41) is 11.5. The largest absolute Gasteiger partial charge is 0.462 e. The van der Waals surface area contributed by atoms with Gasteiger partial charge in [0.1, 0.15) is 5.58 Å². The lowest BCUT2D eigenvalue weighted by Gasteiger charge is -2.25. The summed E-state index contributed by atoms with van der Waals surface area (Å²) < 4.78 is 11.6. The molecule has 1 amide bonds. The Kier molecular flexibility index (Phi) is 5.89. The molecule has 5 rings (SSSR count). The molecule has 0 saturated heterocycles. The molecular weight excluding hydrogens is 532 g/mol. The number of anilines is 1. The highest BCUT2D eigenvalue weighted by Gasteiger charge is 2.43. The van der Waals surface area contributed by atoms with Gasteiger partial charge in [-0.05, 0) is 67.1 Å². The predicted molar refractivity (Wildman–Crippen MR) is 134 cm³/mol.